The van der Waals surface area contributed by atoms with Crippen molar-refractivity contribution in [3.8, 4) is 0 Å². The Morgan fingerprint density at radius 2 is 2.08 bits per heavy atom. The van der Waals surface area contributed by atoms with Crippen LogP contribution < -0.4 is 5.73 Å². The largest absolute Gasteiger partial charge is 0.330 e. The molecule has 0 saturated carbocycles. The van der Waals surface area contributed by atoms with Crippen LogP contribution in [0, 0.1) is 5.82 Å². The van der Waals surface area contributed by atoms with Crippen molar-refractivity contribution in [3.05, 3.63) is 35.6 Å². The molecule has 0 aliphatic rings. The quantitative estimate of drug-likeness (QED) is 0.734. The maximum atomic E-state index is 13.2. The van der Waals surface area contributed by atoms with Crippen molar-refractivity contribution in [2.75, 3.05) is 6.54 Å². The van der Waals surface area contributed by atoms with Crippen LogP contribution >= 0.6 is 0 Å². The van der Waals surface area contributed by atoms with E-state index in [1.54, 1.807) is 12.1 Å². The van der Waals surface area contributed by atoms with E-state index in [-0.39, 0.29) is 11.7 Å². The average molecular weight is 167 g/mol. The molecule has 0 aliphatic carbocycles. The molecular formula is C10H14FN. The fraction of sp³-hybridized carbons (Fsp3) is 0.400. The Morgan fingerprint density at radius 1 is 1.42 bits per heavy atom. The lowest BCUT2D eigenvalue weighted by atomic mass is 9.96. The van der Waals surface area contributed by atoms with Crippen LogP contribution in [-0.4, -0.2) is 6.54 Å². The molecule has 0 spiro atoms. The summed E-state index contributed by atoms with van der Waals surface area (Å²) in [5.41, 5.74) is 6.26. The van der Waals surface area contributed by atoms with Crippen LogP contribution in [-0.2, 0) is 0 Å². The Hall–Kier alpha value is -0.890. The molecule has 1 rings (SSSR count). The number of hydrogen-bond acceptors (Lipinski definition) is 1. The summed E-state index contributed by atoms with van der Waals surface area (Å²) in [6.07, 6.45) is 0.886. The van der Waals surface area contributed by atoms with Gasteiger partial charge in [-0.2, -0.15) is 0 Å². The summed E-state index contributed by atoms with van der Waals surface area (Å²) in [7, 11) is 0. The van der Waals surface area contributed by atoms with E-state index in [9.17, 15) is 4.39 Å². The number of hydrogen-bond donors (Lipinski definition) is 1. The number of nitrogens with two attached hydrogens (primary N) is 1. The Balaban J connectivity index is 2.92. The monoisotopic (exact) mass is 167 g/mol. The molecule has 2 N–H and O–H groups in total. The van der Waals surface area contributed by atoms with Gasteiger partial charge in [-0.3, -0.25) is 0 Å². The van der Waals surface area contributed by atoms with Gasteiger partial charge < -0.3 is 5.73 Å². The van der Waals surface area contributed by atoms with Gasteiger partial charge in [0.2, 0.25) is 0 Å². The lowest BCUT2D eigenvalue weighted by molar-refractivity contribution is 0.570. The molecule has 1 aromatic rings. The third-order valence-corrected chi connectivity index (χ3v) is 2.12. The number of benzene rings is 1. The van der Waals surface area contributed by atoms with E-state index in [2.05, 4.69) is 0 Å². The molecule has 12 heavy (non-hydrogen) atoms. The molecule has 1 unspecified atom stereocenters. The first-order valence-electron chi connectivity index (χ1n) is 4.24. The molecule has 0 radical (unpaired) electrons. The van der Waals surface area contributed by atoms with E-state index in [0.29, 0.717) is 6.54 Å². The molecule has 0 heterocycles. The maximum absolute atomic E-state index is 13.2. The van der Waals surface area contributed by atoms with Gasteiger partial charge >= 0.3 is 0 Å². The Bertz CT molecular complexity index is 243. The van der Waals surface area contributed by atoms with Gasteiger partial charge in [0.25, 0.3) is 0 Å². The summed E-state index contributed by atoms with van der Waals surface area (Å²) in [6, 6.07) is 6.82. The van der Waals surface area contributed by atoms with Crippen LogP contribution in [0.2, 0.25) is 0 Å². The summed E-state index contributed by atoms with van der Waals surface area (Å²) in [6.45, 7) is 2.53. The van der Waals surface area contributed by atoms with Gasteiger partial charge in [0.15, 0.2) is 0 Å². The summed E-state index contributed by atoms with van der Waals surface area (Å²) >= 11 is 0. The number of rotatable bonds is 3. The van der Waals surface area contributed by atoms with Gasteiger partial charge in [-0.05, 0) is 30.5 Å². The molecule has 0 bridgehead atoms. The van der Waals surface area contributed by atoms with Crippen molar-refractivity contribution >= 4 is 0 Å². The predicted octanol–water partition coefficient (Wildman–Crippen LogP) is 2.28. The van der Waals surface area contributed by atoms with E-state index in [1.807, 2.05) is 13.0 Å². The molecule has 1 nitrogen and oxygen atoms in total. The zero-order valence-electron chi connectivity index (χ0n) is 7.26. The predicted molar refractivity (Wildman–Crippen MR) is 48.5 cm³/mol. The van der Waals surface area contributed by atoms with Gasteiger partial charge in [0, 0.05) is 0 Å². The highest BCUT2D eigenvalue weighted by Gasteiger charge is 2.10. The molecule has 1 atom stereocenters. The Morgan fingerprint density at radius 3 is 2.58 bits per heavy atom. The van der Waals surface area contributed by atoms with Crippen molar-refractivity contribution in [2.45, 2.75) is 19.3 Å². The second-order valence-electron chi connectivity index (χ2n) is 2.86. The van der Waals surface area contributed by atoms with E-state index in [4.69, 9.17) is 5.73 Å². The fourth-order valence-electron chi connectivity index (χ4n) is 1.32. The van der Waals surface area contributed by atoms with Crippen LogP contribution in [0.25, 0.3) is 0 Å². The lowest BCUT2D eigenvalue weighted by Crippen LogP contribution is -2.12. The summed E-state index contributed by atoms with van der Waals surface area (Å²) in [5, 5.41) is 0. The molecule has 0 aliphatic heterocycles. The highest BCUT2D eigenvalue weighted by molar-refractivity contribution is 5.21. The molecule has 2 heteroatoms. The molecule has 0 amide bonds. The van der Waals surface area contributed by atoms with Gasteiger partial charge in [-0.1, -0.05) is 25.1 Å². The molecular weight excluding hydrogens is 153 g/mol. The van der Waals surface area contributed by atoms with Crippen LogP contribution in [0.3, 0.4) is 0 Å². The zero-order chi connectivity index (χ0) is 8.97. The highest BCUT2D eigenvalue weighted by atomic mass is 19.1. The third-order valence-electron chi connectivity index (χ3n) is 2.12. The number of halogens is 1. The third kappa shape index (κ3) is 1.83. The zero-order valence-corrected chi connectivity index (χ0v) is 7.26. The van der Waals surface area contributed by atoms with Crippen molar-refractivity contribution in [3.63, 3.8) is 0 Å². The first kappa shape index (κ1) is 9.20. The minimum Gasteiger partial charge on any atom is -0.330 e. The van der Waals surface area contributed by atoms with E-state index >= 15 is 0 Å². The van der Waals surface area contributed by atoms with Crippen molar-refractivity contribution in [1.29, 1.82) is 0 Å². The first-order valence-corrected chi connectivity index (χ1v) is 4.24. The van der Waals surface area contributed by atoms with Crippen LogP contribution in [0.5, 0.6) is 0 Å². The van der Waals surface area contributed by atoms with Gasteiger partial charge in [0.05, 0.1) is 0 Å². The molecule has 0 fully saturated rings. The first-order chi connectivity index (χ1) is 5.79. The minimum atomic E-state index is -0.144. The van der Waals surface area contributed by atoms with Crippen LogP contribution in [0.1, 0.15) is 24.8 Å². The van der Waals surface area contributed by atoms with Crippen molar-refractivity contribution in [2.24, 2.45) is 5.73 Å². The Labute approximate surface area is 72.4 Å². The highest BCUT2D eigenvalue weighted by Crippen LogP contribution is 2.20. The standard InChI is InChI=1S/C10H14FN/c1-2-8(7-12)9-5-3-4-6-10(9)11/h3-6,8H,2,7,12H2,1H3. The minimum absolute atomic E-state index is 0.144. The van der Waals surface area contributed by atoms with Crippen molar-refractivity contribution < 1.29 is 4.39 Å². The van der Waals surface area contributed by atoms with Crippen LogP contribution in [0.15, 0.2) is 24.3 Å². The maximum Gasteiger partial charge on any atom is 0.126 e. The second kappa shape index (κ2) is 4.21. The smallest absolute Gasteiger partial charge is 0.126 e. The molecule has 1 aromatic carbocycles. The van der Waals surface area contributed by atoms with Gasteiger partial charge in [-0.25, -0.2) is 4.39 Å². The van der Waals surface area contributed by atoms with E-state index < -0.39 is 0 Å². The normalized spacial score (nSPS) is 12.9. The summed E-state index contributed by atoms with van der Waals surface area (Å²) in [5.74, 6) is 0.0148. The van der Waals surface area contributed by atoms with Crippen molar-refractivity contribution in [1.82, 2.24) is 0 Å². The molecule has 66 valence electrons. The fourth-order valence-corrected chi connectivity index (χ4v) is 1.32. The summed E-state index contributed by atoms with van der Waals surface area (Å²) < 4.78 is 13.2. The lowest BCUT2D eigenvalue weighted by Gasteiger charge is -2.12. The van der Waals surface area contributed by atoms with E-state index in [1.165, 1.54) is 6.07 Å². The molecule has 0 saturated heterocycles. The van der Waals surface area contributed by atoms with Gasteiger partial charge in [0.1, 0.15) is 5.82 Å². The molecule has 0 aromatic heterocycles. The van der Waals surface area contributed by atoms with E-state index in [0.717, 1.165) is 12.0 Å². The average Bonchev–Trinajstić information content (AvgIpc) is 2.10. The SMILES string of the molecule is CCC(CN)c1ccccc1F. The summed E-state index contributed by atoms with van der Waals surface area (Å²) in [4.78, 5) is 0. The van der Waals surface area contributed by atoms with Gasteiger partial charge in [-0.15, -0.1) is 0 Å². The second-order valence-corrected chi connectivity index (χ2v) is 2.86. The van der Waals surface area contributed by atoms with Crippen LogP contribution in [0.4, 0.5) is 4.39 Å². The Kier molecular flexibility index (Phi) is 3.23. The topological polar surface area (TPSA) is 26.0 Å².